The normalized spacial score (nSPS) is 13.9. The predicted molar refractivity (Wildman–Crippen MR) is 344 cm³/mol. The lowest BCUT2D eigenvalue weighted by Gasteiger charge is -2.30. The molecule has 0 saturated heterocycles. The minimum Gasteiger partial charge on any atom is -0.756 e. The molecule has 0 aliphatic rings. The van der Waals surface area contributed by atoms with Gasteiger partial charge in [-0.05, 0) is 76.7 Å². The first-order valence-electron chi connectivity index (χ1n) is 34.1. The lowest BCUT2D eigenvalue weighted by Crippen LogP contribution is -2.47. The molecule has 9 nitrogen and oxygen atoms in total. The standard InChI is InChI=1S/C70H131N2O7P/c1-7-10-13-16-19-22-25-28-30-31-32-33-34-35-36-37-38-39-40-41-43-45-48-51-54-57-60-63-70(74)79-68(61-58-55-52-49-46-27-24-21-18-15-12-9-3)67(66-78-80(75,76)77-65-64-72(4,5)6)71-69(73)62-59-56-53-50-47-44-42-29-26-23-20-17-14-11-8-2/h11,14,17,20,23,26,28,30,58,61,67-68H,7-10,12-13,15-16,18-19,21-22,24-25,27,29,31-57,59-60,62-66H2,1-6H3,(H-,71,73,75,76)/b14-11+,20-17+,26-23+,30-28+,61-58-. The fraction of sp³-hybridized carbons (Fsp3) is 0.829. The summed E-state index contributed by atoms with van der Waals surface area (Å²) in [5.74, 6) is -0.545. The van der Waals surface area contributed by atoms with Crippen molar-refractivity contribution in [1.29, 1.82) is 0 Å². The summed E-state index contributed by atoms with van der Waals surface area (Å²) < 4.78 is 30.4. The van der Waals surface area contributed by atoms with E-state index < -0.39 is 26.6 Å². The number of unbranched alkanes of at least 4 members (excludes halogenated alkanes) is 40. The number of carbonyl (C=O) groups is 2. The zero-order chi connectivity index (χ0) is 58.6. The van der Waals surface area contributed by atoms with Crippen LogP contribution in [-0.2, 0) is 27.9 Å². The molecule has 0 radical (unpaired) electrons. The minimum atomic E-state index is -4.70. The first-order chi connectivity index (χ1) is 38.9. The Balaban J connectivity index is 5.00. The van der Waals surface area contributed by atoms with Crippen LogP contribution in [0.25, 0.3) is 0 Å². The maximum atomic E-state index is 13.5. The van der Waals surface area contributed by atoms with E-state index in [1.165, 1.54) is 212 Å². The first kappa shape index (κ1) is 77.7. The van der Waals surface area contributed by atoms with Crippen molar-refractivity contribution in [2.45, 2.75) is 335 Å². The second kappa shape index (κ2) is 59.9. The van der Waals surface area contributed by atoms with Crippen LogP contribution in [0.1, 0.15) is 323 Å². The Labute approximate surface area is 496 Å². The molecule has 3 unspecified atom stereocenters. The van der Waals surface area contributed by atoms with Crippen LogP contribution < -0.4 is 10.2 Å². The maximum Gasteiger partial charge on any atom is 0.306 e. The fourth-order valence-electron chi connectivity index (χ4n) is 9.99. The summed E-state index contributed by atoms with van der Waals surface area (Å²) in [6.07, 6.45) is 76.4. The molecule has 1 N–H and O–H groups in total. The van der Waals surface area contributed by atoms with Crippen LogP contribution in [-0.4, -0.2) is 69.4 Å². The van der Waals surface area contributed by atoms with Gasteiger partial charge in [0, 0.05) is 12.8 Å². The smallest absolute Gasteiger partial charge is 0.306 e. The van der Waals surface area contributed by atoms with Crippen molar-refractivity contribution in [1.82, 2.24) is 5.32 Å². The van der Waals surface area contributed by atoms with Gasteiger partial charge in [0.2, 0.25) is 5.91 Å². The number of allylic oxidation sites excluding steroid dienone is 9. The van der Waals surface area contributed by atoms with Crippen LogP contribution in [0.5, 0.6) is 0 Å². The van der Waals surface area contributed by atoms with Crippen LogP contribution in [0.15, 0.2) is 60.8 Å². The molecule has 10 heteroatoms. The van der Waals surface area contributed by atoms with Gasteiger partial charge in [0.25, 0.3) is 7.82 Å². The minimum absolute atomic E-state index is 0.0250. The zero-order valence-corrected chi connectivity index (χ0v) is 54.4. The predicted octanol–water partition coefficient (Wildman–Crippen LogP) is 20.8. The number of likely N-dealkylation sites (N-methyl/N-ethyl adjacent to an activating group) is 1. The SMILES string of the molecule is CC/C=C/C=C/C=C/CCCCCCCCCC(=O)NC(COP(=O)([O-])OCC[N+](C)(C)C)C(/C=C\CCCCCCCCCCCC)OC(=O)CCCCCCCCCCCCCCCCCCC/C=C/CCCCCCCC. The van der Waals surface area contributed by atoms with Crippen molar-refractivity contribution in [3.63, 3.8) is 0 Å². The van der Waals surface area contributed by atoms with E-state index in [2.05, 4.69) is 74.7 Å². The maximum absolute atomic E-state index is 13.5. The van der Waals surface area contributed by atoms with Crippen LogP contribution in [0.3, 0.4) is 0 Å². The molecule has 0 aliphatic heterocycles. The van der Waals surface area contributed by atoms with E-state index >= 15 is 0 Å². The number of esters is 1. The van der Waals surface area contributed by atoms with Gasteiger partial charge in [0.1, 0.15) is 19.3 Å². The molecule has 0 aromatic heterocycles. The Morgan fingerprint density at radius 3 is 1.23 bits per heavy atom. The highest BCUT2D eigenvalue weighted by Gasteiger charge is 2.27. The molecule has 0 aliphatic carbocycles. The van der Waals surface area contributed by atoms with Gasteiger partial charge < -0.3 is 28.5 Å². The molecule has 1 amide bonds. The lowest BCUT2D eigenvalue weighted by molar-refractivity contribution is -0.870. The number of quaternary nitrogens is 1. The van der Waals surface area contributed by atoms with Gasteiger partial charge in [-0.1, -0.05) is 294 Å². The number of ether oxygens (including phenoxy) is 1. The highest BCUT2D eigenvalue weighted by molar-refractivity contribution is 7.45. The molecule has 0 aromatic carbocycles. The molecule has 0 bridgehead atoms. The van der Waals surface area contributed by atoms with Crippen molar-refractivity contribution >= 4 is 19.7 Å². The van der Waals surface area contributed by atoms with E-state index in [4.69, 9.17) is 13.8 Å². The van der Waals surface area contributed by atoms with Gasteiger partial charge >= 0.3 is 5.97 Å². The van der Waals surface area contributed by atoms with Gasteiger partial charge in [-0.25, -0.2) is 0 Å². The zero-order valence-electron chi connectivity index (χ0n) is 53.5. The number of phosphoric acid groups is 1. The number of carbonyl (C=O) groups excluding carboxylic acids is 2. The second-order valence-corrected chi connectivity index (χ2v) is 25.8. The van der Waals surface area contributed by atoms with Crippen LogP contribution in [0.4, 0.5) is 0 Å². The Bertz CT molecular complexity index is 1550. The number of nitrogens with one attached hydrogen (secondary N) is 1. The number of amides is 1. The highest BCUT2D eigenvalue weighted by Crippen LogP contribution is 2.38. The van der Waals surface area contributed by atoms with Gasteiger partial charge in [-0.2, -0.15) is 0 Å². The highest BCUT2D eigenvalue weighted by atomic mass is 31.2. The van der Waals surface area contributed by atoms with Crippen molar-refractivity contribution in [3.05, 3.63) is 60.8 Å². The summed E-state index contributed by atoms with van der Waals surface area (Å²) in [4.78, 5) is 40.1. The third-order valence-electron chi connectivity index (χ3n) is 15.2. The summed E-state index contributed by atoms with van der Waals surface area (Å²) in [6, 6.07) is -0.894. The van der Waals surface area contributed by atoms with E-state index in [1.54, 1.807) is 0 Å². The fourth-order valence-corrected chi connectivity index (χ4v) is 10.7. The monoisotopic (exact) mass is 1140 g/mol. The summed E-state index contributed by atoms with van der Waals surface area (Å²) >= 11 is 0. The third kappa shape index (κ3) is 60.3. The van der Waals surface area contributed by atoms with Gasteiger partial charge in [-0.15, -0.1) is 0 Å². The lowest BCUT2D eigenvalue weighted by atomic mass is 10.0. The molecule has 0 aromatic rings. The number of hydrogen-bond acceptors (Lipinski definition) is 7. The molecule has 0 rings (SSSR count). The number of nitrogens with zero attached hydrogens (tertiary/aromatic N) is 1. The molecule has 0 heterocycles. The Kier molecular flexibility index (Phi) is 58.1. The van der Waals surface area contributed by atoms with Gasteiger partial charge in [0.15, 0.2) is 0 Å². The number of rotatable bonds is 62. The van der Waals surface area contributed by atoms with E-state index in [1.807, 2.05) is 33.3 Å². The Morgan fingerprint density at radius 1 is 0.450 bits per heavy atom. The summed E-state index contributed by atoms with van der Waals surface area (Å²) in [6.45, 7) is 6.73. The molecule has 3 atom stereocenters. The summed E-state index contributed by atoms with van der Waals surface area (Å²) in [5, 5.41) is 3.03. The quantitative estimate of drug-likeness (QED) is 0.0161. The summed E-state index contributed by atoms with van der Waals surface area (Å²) in [5.41, 5.74) is 0. The molecule has 0 saturated carbocycles. The largest absolute Gasteiger partial charge is 0.756 e. The van der Waals surface area contributed by atoms with E-state index in [0.29, 0.717) is 17.4 Å². The average molecular weight is 1140 g/mol. The topological polar surface area (TPSA) is 114 Å². The summed E-state index contributed by atoms with van der Waals surface area (Å²) in [7, 11) is 1.18. The van der Waals surface area contributed by atoms with Gasteiger partial charge in [0.05, 0.1) is 33.8 Å². The molecular weight excluding hydrogens is 1010 g/mol. The van der Waals surface area contributed by atoms with Gasteiger partial charge in [-0.3, -0.25) is 14.2 Å². The second-order valence-electron chi connectivity index (χ2n) is 24.4. The van der Waals surface area contributed by atoms with Crippen LogP contribution in [0.2, 0.25) is 0 Å². The Morgan fingerprint density at radius 2 is 0.812 bits per heavy atom. The van der Waals surface area contributed by atoms with Crippen LogP contribution >= 0.6 is 7.82 Å². The van der Waals surface area contributed by atoms with E-state index in [-0.39, 0.29) is 24.9 Å². The first-order valence-corrected chi connectivity index (χ1v) is 35.6. The third-order valence-corrected chi connectivity index (χ3v) is 16.2. The molecule has 80 heavy (non-hydrogen) atoms. The average Bonchev–Trinajstić information content (AvgIpc) is 3.42. The van der Waals surface area contributed by atoms with Crippen molar-refractivity contribution in [2.75, 3.05) is 40.9 Å². The number of hydrogen-bond donors (Lipinski definition) is 1. The van der Waals surface area contributed by atoms with Crippen molar-refractivity contribution in [2.24, 2.45) is 0 Å². The molecule has 0 spiro atoms. The Hall–Kier alpha value is -2.29. The van der Waals surface area contributed by atoms with Crippen molar-refractivity contribution in [3.8, 4) is 0 Å². The van der Waals surface area contributed by atoms with Crippen LogP contribution in [0, 0.1) is 0 Å². The van der Waals surface area contributed by atoms with Crippen molar-refractivity contribution < 1.29 is 37.3 Å². The van der Waals surface area contributed by atoms with E-state index in [9.17, 15) is 19.0 Å². The molecule has 0 fully saturated rings. The molecule has 468 valence electrons. The van der Waals surface area contributed by atoms with E-state index in [0.717, 1.165) is 77.0 Å². The molecular formula is C70H131N2O7P. The number of phosphoric ester groups is 1.